The molecule has 174 valence electrons. The Kier molecular flexibility index (Phi) is 7.64. The first-order valence-corrected chi connectivity index (χ1v) is 11.2. The van der Waals surface area contributed by atoms with Gasteiger partial charge in [-0.1, -0.05) is 23.7 Å². The molecule has 3 N–H and O–H groups in total. The van der Waals surface area contributed by atoms with E-state index in [0.717, 1.165) is 19.5 Å². The van der Waals surface area contributed by atoms with E-state index in [1.807, 2.05) is 0 Å². The van der Waals surface area contributed by atoms with Gasteiger partial charge in [0.15, 0.2) is 0 Å². The van der Waals surface area contributed by atoms with E-state index in [4.69, 9.17) is 4.42 Å². The maximum atomic E-state index is 13.8. The van der Waals surface area contributed by atoms with Crippen molar-refractivity contribution in [3.05, 3.63) is 59.4 Å². The van der Waals surface area contributed by atoms with E-state index in [1.165, 1.54) is 50.6 Å². The number of likely N-dealkylation sites (tertiary alicyclic amines) is 1. The molecule has 33 heavy (non-hydrogen) atoms. The Balaban J connectivity index is 1.36. The monoisotopic (exact) mass is 453 g/mol. The van der Waals surface area contributed by atoms with Crippen molar-refractivity contribution in [3.63, 3.8) is 0 Å². The summed E-state index contributed by atoms with van der Waals surface area (Å²) >= 11 is 0. The summed E-state index contributed by atoms with van der Waals surface area (Å²) in [5.41, 5.74) is 1.43. The van der Waals surface area contributed by atoms with E-state index >= 15 is 0 Å². The summed E-state index contributed by atoms with van der Waals surface area (Å²) in [7, 11) is 0. The molecule has 9 heteroatoms. The molecule has 8 nitrogen and oxygen atoms in total. The standard InChI is InChI=1S/C24H28FN5O3/c25-21-8-3-2-7-20(21)22(32)27-18-9-10-19(17(15-18)16-31)23-28-29-24(33-23)26-11-6-14-30-12-4-1-5-13-30/h2-3,7-10,15,31H,1,4-6,11-14,16H2,(H,26,29)(H,27,32). The number of hydrogen-bond donors (Lipinski definition) is 3. The van der Waals surface area contributed by atoms with Crippen LogP contribution in [0.1, 0.15) is 41.6 Å². The van der Waals surface area contributed by atoms with Crippen LogP contribution in [-0.4, -0.2) is 52.3 Å². The molecule has 1 fully saturated rings. The van der Waals surface area contributed by atoms with Crippen molar-refractivity contribution < 1.29 is 18.7 Å². The van der Waals surface area contributed by atoms with E-state index in [9.17, 15) is 14.3 Å². The Morgan fingerprint density at radius 2 is 1.94 bits per heavy atom. The third kappa shape index (κ3) is 5.94. The van der Waals surface area contributed by atoms with Crippen LogP contribution in [-0.2, 0) is 6.61 Å². The second kappa shape index (κ2) is 11.0. The number of carbonyl (C=O) groups excluding carboxylic acids is 1. The van der Waals surface area contributed by atoms with E-state index in [1.54, 1.807) is 24.3 Å². The normalized spacial score (nSPS) is 14.2. The van der Waals surface area contributed by atoms with Crippen molar-refractivity contribution in [1.29, 1.82) is 0 Å². The molecule has 0 saturated carbocycles. The van der Waals surface area contributed by atoms with Crippen molar-refractivity contribution in [3.8, 4) is 11.5 Å². The van der Waals surface area contributed by atoms with Crippen LogP contribution in [0.2, 0.25) is 0 Å². The average Bonchev–Trinajstić information content (AvgIpc) is 3.31. The number of aliphatic hydroxyl groups is 1. The molecule has 1 saturated heterocycles. The number of hydrogen-bond acceptors (Lipinski definition) is 7. The van der Waals surface area contributed by atoms with Gasteiger partial charge in [0.1, 0.15) is 5.82 Å². The van der Waals surface area contributed by atoms with Gasteiger partial charge in [-0.15, -0.1) is 5.10 Å². The minimum absolute atomic E-state index is 0.0555. The third-order valence-corrected chi connectivity index (χ3v) is 5.68. The number of benzene rings is 2. The lowest BCUT2D eigenvalue weighted by Crippen LogP contribution is -2.31. The fourth-order valence-corrected chi connectivity index (χ4v) is 3.94. The van der Waals surface area contributed by atoms with Crippen molar-refractivity contribution in [2.24, 2.45) is 0 Å². The van der Waals surface area contributed by atoms with Gasteiger partial charge in [0.05, 0.1) is 12.2 Å². The molecule has 0 spiro atoms. The number of piperidine rings is 1. The number of carbonyl (C=O) groups is 1. The number of anilines is 2. The number of amides is 1. The number of nitrogens with one attached hydrogen (secondary N) is 2. The van der Waals surface area contributed by atoms with Gasteiger partial charge in [-0.05, 0) is 74.8 Å². The minimum Gasteiger partial charge on any atom is -0.403 e. The summed E-state index contributed by atoms with van der Waals surface area (Å²) in [6.45, 7) is 3.82. The van der Waals surface area contributed by atoms with Crippen LogP contribution < -0.4 is 10.6 Å². The van der Waals surface area contributed by atoms with Gasteiger partial charge in [0.25, 0.3) is 5.91 Å². The highest BCUT2D eigenvalue weighted by Gasteiger charge is 2.16. The van der Waals surface area contributed by atoms with Crippen molar-refractivity contribution in [1.82, 2.24) is 15.1 Å². The summed E-state index contributed by atoms with van der Waals surface area (Å²) < 4.78 is 19.6. The van der Waals surface area contributed by atoms with E-state index in [2.05, 4.69) is 25.7 Å². The van der Waals surface area contributed by atoms with Crippen molar-refractivity contribution in [2.45, 2.75) is 32.3 Å². The molecule has 1 aromatic heterocycles. The first kappa shape index (κ1) is 22.9. The molecule has 1 amide bonds. The molecule has 0 atom stereocenters. The van der Waals surface area contributed by atoms with Gasteiger partial charge < -0.3 is 25.1 Å². The number of aliphatic hydroxyl groups excluding tert-OH is 1. The summed E-state index contributed by atoms with van der Waals surface area (Å²) in [6.07, 6.45) is 4.86. The topological polar surface area (TPSA) is 104 Å². The third-order valence-electron chi connectivity index (χ3n) is 5.68. The van der Waals surface area contributed by atoms with Crippen LogP contribution in [0.3, 0.4) is 0 Å². The summed E-state index contributed by atoms with van der Waals surface area (Å²) in [4.78, 5) is 14.8. The highest BCUT2D eigenvalue weighted by molar-refractivity contribution is 6.04. The van der Waals surface area contributed by atoms with Gasteiger partial charge in [0.2, 0.25) is 5.89 Å². The summed E-state index contributed by atoms with van der Waals surface area (Å²) in [5, 5.41) is 23.7. The molecule has 0 aliphatic carbocycles. The van der Waals surface area contributed by atoms with Gasteiger partial charge in [-0.3, -0.25) is 4.79 Å². The van der Waals surface area contributed by atoms with Crippen LogP contribution in [0, 0.1) is 5.82 Å². The highest BCUT2D eigenvalue weighted by Crippen LogP contribution is 2.27. The minimum atomic E-state index is -0.601. The zero-order valence-electron chi connectivity index (χ0n) is 18.4. The molecule has 2 heterocycles. The molecule has 3 aromatic rings. The Morgan fingerprint density at radius 3 is 2.73 bits per heavy atom. The van der Waals surface area contributed by atoms with Crippen LogP contribution in [0.15, 0.2) is 46.9 Å². The van der Waals surface area contributed by atoms with Crippen LogP contribution in [0.4, 0.5) is 16.1 Å². The SMILES string of the molecule is O=C(Nc1ccc(-c2nnc(NCCCN3CCCCC3)o2)c(CO)c1)c1ccccc1F. The smallest absolute Gasteiger partial charge is 0.315 e. The number of halogens is 1. The molecule has 2 aromatic carbocycles. The fourth-order valence-electron chi connectivity index (χ4n) is 3.94. The molecule has 4 rings (SSSR count). The molecule has 0 radical (unpaired) electrons. The highest BCUT2D eigenvalue weighted by atomic mass is 19.1. The average molecular weight is 454 g/mol. The van der Waals surface area contributed by atoms with E-state index in [-0.39, 0.29) is 18.1 Å². The molecular weight excluding hydrogens is 425 g/mol. The Bertz CT molecular complexity index is 1080. The number of aromatic nitrogens is 2. The Labute approximate surface area is 191 Å². The van der Waals surface area contributed by atoms with Gasteiger partial charge in [-0.25, -0.2) is 4.39 Å². The second-order valence-electron chi connectivity index (χ2n) is 8.06. The Morgan fingerprint density at radius 1 is 1.12 bits per heavy atom. The lowest BCUT2D eigenvalue weighted by atomic mass is 10.1. The quantitative estimate of drug-likeness (QED) is 0.422. The number of nitrogens with zero attached hydrogens (tertiary/aromatic N) is 3. The molecular formula is C24H28FN5O3. The molecule has 1 aliphatic rings. The predicted octanol–water partition coefficient (Wildman–Crippen LogP) is 3.91. The maximum absolute atomic E-state index is 13.8. The summed E-state index contributed by atoms with van der Waals surface area (Å²) in [6, 6.07) is 11.0. The van der Waals surface area contributed by atoms with Crippen molar-refractivity contribution in [2.75, 3.05) is 36.8 Å². The molecule has 1 aliphatic heterocycles. The first-order chi connectivity index (χ1) is 16.1. The van der Waals surface area contributed by atoms with Crippen LogP contribution >= 0.6 is 0 Å². The van der Waals surface area contributed by atoms with Gasteiger partial charge in [0, 0.05) is 17.8 Å². The molecule has 0 unspecified atom stereocenters. The van der Waals surface area contributed by atoms with Crippen molar-refractivity contribution >= 4 is 17.6 Å². The number of rotatable bonds is 9. The summed E-state index contributed by atoms with van der Waals surface area (Å²) in [5.74, 6) is -0.904. The van der Waals surface area contributed by atoms with Gasteiger partial charge >= 0.3 is 6.01 Å². The van der Waals surface area contributed by atoms with Crippen LogP contribution in [0.5, 0.6) is 0 Å². The van der Waals surface area contributed by atoms with E-state index < -0.39 is 11.7 Å². The zero-order chi connectivity index (χ0) is 23.0. The fraction of sp³-hybridized carbons (Fsp3) is 0.375. The lowest BCUT2D eigenvalue weighted by Gasteiger charge is -2.26. The van der Waals surface area contributed by atoms with E-state index in [0.29, 0.717) is 22.8 Å². The van der Waals surface area contributed by atoms with Gasteiger partial charge in [-0.2, -0.15) is 0 Å². The zero-order valence-corrected chi connectivity index (χ0v) is 18.4. The first-order valence-electron chi connectivity index (χ1n) is 11.2. The van der Waals surface area contributed by atoms with Crippen LogP contribution in [0.25, 0.3) is 11.5 Å². The largest absolute Gasteiger partial charge is 0.403 e. The predicted molar refractivity (Wildman–Crippen MR) is 123 cm³/mol. The second-order valence-corrected chi connectivity index (χ2v) is 8.06. The Hall–Kier alpha value is -3.30. The maximum Gasteiger partial charge on any atom is 0.315 e. The lowest BCUT2D eigenvalue weighted by molar-refractivity contribution is 0.102. The molecule has 0 bridgehead atoms.